The maximum Gasteiger partial charge on any atom is 0.326 e. The molecule has 0 aliphatic carbocycles. The molecule has 0 aromatic rings. The summed E-state index contributed by atoms with van der Waals surface area (Å²) < 4.78 is 0. The van der Waals surface area contributed by atoms with Crippen molar-refractivity contribution in [3.8, 4) is 0 Å². The summed E-state index contributed by atoms with van der Waals surface area (Å²) in [7, 11) is 0. The molecule has 14 heteroatoms. The maximum atomic E-state index is 13.0. The number of rotatable bonds is 18. The van der Waals surface area contributed by atoms with Crippen molar-refractivity contribution < 1.29 is 39.0 Å². The zero-order chi connectivity index (χ0) is 27.1. The molecule has 0 aliphatic heterocycles. The highest BCUT2D eigenvalue weighted by Crippen LogP contribution is 2.10. The summed E-state index contributed by atoms with van der Waals surface area (Å²) in [6.07, 6.45) is 0.399. The van der Waals surface area contributed by atoms with Crippen molar-refractivity contribution in [2.24, 2.45) is 23.1 Å². The highest BCUT2D eigenvalue weighted by molar-refractivity contribution is 5.95. The fourth-order valence-electron chi connectivity index (χ4n) is 3.09. The van der Waals surface area contributed by atoms with Gasteiger partial charge in [-0.1, -0.05) is 20.3 Å². The normalized spacial score (nSPS) is 15.1. The van der Waals surface area contributed by atoms with Gasteiger partial charge in [-0.3, -0.25) is 24.0 Å². The number of nitrogens with two attached hydrogens (primary N) is 3. The highest BCUT2D eigenvalue weighted by Gasteiger charge is 2.32. The Morgan fingerprint density at radius 1 is 0.857 bits per heavy atom. The number of aliphatic carboxylic acids is 2. The van der Waals surface area contributed by atoms with Crippen LogP contribution >= 0.6 is 0 Å². The molecule has 0 bridgehead atoms. The topological polar surface area (TPSA) is 257 Å². The van der Waals surface area contributed by atoms with Crippen molar-refractivity contribution in [2.75, 3.05) is 6.54 Å². The van der Waals surface area contributed by atoms with Crippen LogP contribution in [0.4, 0.5) is 0 Å². The van der Waals surface area contributed by atoms with E-state index in [2.05, 4.69) is 16.0 Å². The lowest BCUT2D eigenvalue weighted by atomic mass is 9.98. The van der Waals surface area contributed by atoms with Crippen molar-refractivity contribution >= 4 is 35.6 Å². The van der Waals surface area contributed by atoms with E-state index in [0.717, 1.165) is 0 Å². The molecule has 0 saturated carbocycles. The molecule has 0 spiro atoms. The van der Waals surface area contributed by atoms with Crippen LogP contribution in [0, 0.1) is 5.92 Å². The monoisotopic (exact) mass is 502 g/mol. The average molecular weight is 503 g/mol. The Hall–Kier alpha value is -3.26. The van der Waals surface area contributed by atoms with Crippen LogP contribution in [0.1, 0.15) is 58.8 Å². The summed E-state index contributed by atoms with van der Waals surface area (Å²) >= 11 is 0. The van der Waals surface area contributed by atoms with Gasteiger partial charge in [-0.15, -0.1) is 0 Å². The van der Waals surface area contributed by atoms with E-state index in [1.807, 2.05) is 0 Å². The summed E-state index contributed by atoms with van der Waals surface area (Å²) in [5.41, 5.74) is 16.2. The SMILES string of the molecule is CCC(C)C(NC(=O)C(CCC(N)=O)NC(=O)C(CCCCN)NC(=O)C(N)CC(=O)O)C(=O)O. The van der Waals surface area contributed by atoms with E-state index in [4.69, 9.17) is 22.3 Å². The van der Waals surface area contributed by atoms with Gasteiger partial charge in [0.1, 0.15) is 18.1 Å². The first-order valence-corrected chi connectivity index (χ1v) is 11.4. The number of unbranched alkanes of at least 4 members (excludes halogenated alkanes) is 1. The first kappa shape index (κ1) is 31.7. The molecule has 0 aliphatic rings. The number of carbonyl (C=O) groups is 6. The van der Waals surface area contributed by atoms with Gasteiger partial charge in [-0.05, 0) is 38.1 Å². The Labute approximate surface area is 203 Å². The molecule has 0 heterocycles. The smallest absolute Gasteiger partial charge is 0.326 e. The molecular formula is C21H38N6O8. The fourth-order valence-corrected chi connectivity index (χ4v) is 3.09. The summed E-state index contributed by atoms with van der Waals surface area (Å²) in [6, 6.07) is -5.13. The van der Waals surface area contributed by atoms with Crippen LogP contribution in [0.2, 0.25) is 0 Å². The molecule has 0 fully saturated rings. The van der Waals surface area contributed by atoms with E-state index in [0.29, 0.717) is 25.8 Å². The first-order chi connectivity index (χ1) is 16.3. The van der Waals surface area contributed by atoms with Crippen LogP contribution in [-0.2, 0) is 28.8 Å². The van der Waals surface area contributed by atoms with Gasteiger partial charge in [0.05, 0.1) is 12.5 Å². The van der Waals surface area contributed by atoms with Crippen LogP contribution in [0.3, 0.4) is 0 Å². The maximum absolute atomic E-state index is 13.0. The van der Waals surface area contributed by atoms with Crippen LogP contribution in [0.15, 0.2) is 0 Å². The number of carboxylic acids is 2. The fraction of sp³-hybridized carbons (Fsp3) is 0.714. The highest BCUT2D eigenvalue weighted by atomic mass is 16.4. The second kappa shape index (κ2) is 16.4. The third kappa shape index (κ3) is 12.7. The van der Waals surface area contributed by atoms with Gasteiger partial charge < -0.3 is 43.4 Å². The average Bonchev–Trinajstić information content (AvgIpc) is 2.77. The van der Waals surface area contributed by atoms with Gasteiger partial charge in [-0.25, -0.2) is 4.79 Å². The predicted octanol–water partition coefficient (Wildman–Crippen LogP) is -2.23. The third-order valence-electron chi connectivity index (χ3n) is 5.40. The van der Waals surface area contributed by atoms with Crippen molar-refractivity contribution in [1.82, 2.24) is 16.0 Å². The van der Waals surface area contributed by atoms with E-state index in [9.17, 15) is 33.9 Å². The Balaban J connectivity index is 5.63. The van der Waals surface area contributed by atoms with Gasteiger partial charge in [0.15, 0.2) is 0 Å². The second-order valence-corrected chi connectivity index (χ2v) is 8.33. The van der Waals surface area contributed by atoms with Gasteiger partial charge in [0.2, 0.25) is 23.6 Å². The first-order valence-electron chi connectivity index (χ1n) is 11.4. The number of hydrogen-bond acceptors (Lipinski definition) is 8. The standard InChI is InChI=1S/C21H38N6O8/c1-3-11(2)17(21(34)35)27-20(33)14(7-8-15(24)28)26-19(32)13(6-4-5-9-22)25-18(31)12(23)10-16(29)30/h11-14,17H,3-10,22-23H2,1-2H3,(H2,24,28)(H,25,31)(H,26,32)(H,27,33)(H,29,30)(H,34,35). The van der Waals surface area contributed by atoms with Crippen molar-refractivity contribution in [2.45, 2.75) is 83.0 Å². The molecule has 5 atom stereocenters. The lowest BCUT2D eigenvalue weighted by molar-refractivity contribution is -0.144. The number of carboxylic acid groups (broad SMARTS) is 2. The minimum Gasteiger partial charge on any atom is -0.481 e. The van der Waals surface area contributed by atoms with Gasteiger partial charge >= 0.3 is 11.9 Å². The molecule has 11 N–H and O–H groups in total. The third-order valence-corrected chi connectivity index (χ3v) is 5.40. The van der Waals surface area contributed by atoms with Crippen LogP contribution < -0.4 is 33.2 Å². The van der Waals surface area contributed by atoms with Gasteiger partial charge in [0, 0.05) is 6.42 Å². The van der Waals surface area contributed by atoms with Crippen LogP contribution in [0.25, 0.3) is 0 Å². The molecule has 0 aromatic carbocycles. The number of primary amides is 1. The van der Waals surface area contributed by atoms with E-state index in [1.54, 1.807) is 13.8 Å². The zero-order valence-electron chi connectivity index (χ0n) is 20.1. The molecule has 14 nitrogen and oxygen atoms in total. The van der Waals surface area contributed by atoms with Crippen molar-refractivity contribution in [1.29, 1.82) is 0 Å². The van der Waals surface area contributed by atoms with E-state index >= 15 is 0 Å². The number of nitrogens with one attached hydrogen (secondary N) is 3. The van der Waals surface area contributed by atoms with E-state index in [1.165, 1.54) is 0 Å². The Bertz CT molecular complexity index is 762. The molecule has 0 rings (SSSR count). The molecule has 0 saturated heterocycles. The zero-order valence-corrected chi connectivity index (χ0v) is 20.1. The van der Waals surface area contributed by atoms with Gasteiger partial charge in [0.25, 0.3) is 0 Å². The largest absolute Gasteiger partial charge is 0.481 e. The minimum atomic E-state index is -1.40. The summed E-state index contributed by atoms with van der Waals surface area (Å²) in [5, 5.41) is 25.4. The predicted molar refractivity (Wildman–Crippen MR) is 124 cm³/mol. The van der Waals surface area contributed by atoms with Crippen molar-refractivity contribution in [3.05, 3.63) is 0 Å². The van der Waals surface area contributed by atoms with Crippen molar-refractivity contribution in [3.63, 3.8) is 0 Å². The minimum absolute atomic E-state index is 0.114. The molecule has 5 unspecified atom stereocenters. The Morgan fingerprint density at radius 3 is 1.89 bits per heavy atom. The molecule has 35 heavy (non-hydrogen) atoms. The Morgan fingerprint density at radius 2 is 1.40 bits per heavy atom. The number of amides is 4. The molecular weight excluding hydrogens is 464 g/mol. The summed E-state index contributed by atoms with van der Waals surface area (Å²) in [6.45, 7) is 3.72. The molecule has 0 aromatic heterocycles. The Kier molecular flexibility index (Phi) is 14.9. The lowest BCUT2D eigenvalue weighted by Gasteiger charge is -2.26. The van der Waals surface area contributed by atoms with E-state index in [-0.39, 0.29) is 19.3 Å². The number of hydrogen-bond donors (Lipinski definition) is 8. The molecule has 200 valence electrons. The quantitative estimate of drug-likeness (QED) is 0.0935. The molecule has 0 radical (unpaired) electrons. The van der Waals surface area contributed by atoms with Crippen LogP contribution in [0.5, 0.6) is 0 Å². The summed E-state index contributed by atoms with van der Waals surface area (Å²) in [5.74, 6) is -6.20. The second-order valence-electron chi connectivity index (χ2n) is 8.33. The lowest BCUT2D eigenvalue weighted by Crippen LogP contribution is -2.57. The van der Waals surface area contributed by atoms with Gasteiger partial charge in [-0.2, -0.15) is 0 Å². The summed E-state index contributed by atoms with van der Waals surface area (Å²) in [4.78, 5) is 71.7. The van der Waals surface area contributed by atoms with Crippen LogP contribution in [-0.4, -0.2) is 76.5 Å². The molecule has 4 amide bonds. The number of carbonyl (C=O) groups excluding carboxylic acids is 4. The van der Waals surface area contributed by atoms with E-state index < -0.39 is 72.1 Å².